The number of hydrogen-bond acceptors (Lipinski definition) is 5. The molecule has 76 valence electrons. The number of ether oxygens (including phenoxy) is 1. The number of rotatable bonds is 3. The van der Waals surface area contributed by atoms with E-state index < -0.39 is 37.0 Å². The fraction of sp³-hybridized carbons (Fsp3) is 0.857. The summed E-state index contributed by atoms with van der Waals surface area (Å²) in [6.07, 6.45) is -4.67. The number of aliphatic carboxylic acids is 1. The van der Waals surface area contributed by atoms with E-state index in [9.17, 15) is 15.0 Å². The van der Waals surface area contributed by atoms with Crippen LogP contribution in [0, 0.1) is 0 Å². The summed E-state index contributed by atoms with van der Waals surface area (Å²) >= 11 is 0. The van der Waals surface area contributed by atoms with E-state index in [0.717, 1.165) is 0 Å². The molecule has 4 N–H and O–H groups in total. The first-order valence-corrected chi connectivity index (χ1v) is 3.90. The van der Waals surface area contributed by atoms with Crippen molar-refractivity contribution in [1.29, 1.82) is 0 Å². The van der Waals surface area contributed by atoms with Crippen molar-refractivity contribution in [3.63, 3.8) is 0 Å². The van der Waals surface area contributed by atoms with Crippen molar-refractivity contribution < 1.29 is 30.0 Å². The van der Waals surface area contributed by atoms with Gasteiger partial charge < -0.3 is 25.2 Å². The molecule has 1 aliphatic heterocycles. The van der Waals surface area contributed by atoms with Gasteiger partial charge in [0.2, 0.25) is 0 Å². The Kier molecular flexibility index (Phi) is 3.21. The third-order valence-electron chi connectivity index (χ3n) is 2.02. The maximum absolute atomic E-state index is 10.3. The van der Waals surface area contributed by atoms with Crippen molar-refractivity contribution in [2.24, 2.45) is 0 Å². The topological polar surface area (TPSA) is 107 Å². The Bertz CT molecular complexity index is 193. The highest BCUT2D eigenvalue weighted by atomic mass is 16.6. The molecule has 6 heteroatoms. The summed E-state index contributed by atoms with van der Waals surface area (Å²) in [4.78, 5) is 10.3. The molecule has 13 heavy (non-hydrogen) atoms. The van der Waals surface area contributed by atoms with Gasteiger partial charge in [-0.2, -0.15) is 0 Å². The summed E-state index contributed by atoms with van der Waals surface area (Å²) in [6, 6.07) is 0. The van der Waals surface area contributed by atoms with Crippen LogP contribution in [0.15, 0.2) is 0 Å². The van der Waals surface area contributed by atoms with E-state index in [0.29, 0.717) is 0 Å². The summed E-state index contributed by atoms with van der Waals surface area (Å²) in [7, 11) is 0. The van der Waals surface area contributed by atoms with Gasteiger partial charge >= 0.3 is 5.97 Å². The Morgan fingerprint density at radius 3 is 2.15 bits per heavy atom. The van der Waals surface area contributed by atoms with Gasteiger partial charge in [-0.05, 0) is 0 Å². The van der Waals surface area contributed by atoms with Crippen LogP contribution in [-0.2, 0) is 9.53 Å². The first-order valence-electron chi connectivity index (χ1n) is 3.90. The average molecular weight is 192 g/mol. The zero-order valence-corrected chi connectivity index (χ0v) is 6.83. The number of aliphatic hydroxyl groups excluding tert-OH is 3. The zero-order valence-electron chi connectivity index (χ0n) is 6.83. The molecule has 0 aromatic carbocycles. The lowest BCUT2D eigenvalue weighted by Crippen LogP contribution is -2.34. The van der Waals surface area contributed by atoms with Gasteiger partial charge in [-0.3, -0.25) is 4.79 Å². The molecule has 4 atom stereocenters. The van der Waals surface area contributed by atoms with Gasteiger partial charge in [-0.15, -0.1) is 0 Å². The van der Waals surface area contributed by atoms with Crippen LogP contribution in [0.4, 0.5) is 0 Å². The van der Waals surface area contributed by atoms with Crippen LogP contribution in [0.3, 0.4) is 0 Å². The second kappa shape index (κ2) is 4.01. The predicted octanol–water partition coefficient (Wildman–Crippen LogP) is -2.06. The van der Waals surface area contributed by atoms with Crippen LogP contribution in [0.1, 0.15) is 6.42 Å². The van der Waals surface area contributed by atoms with E-state index in [-0.39, 0.29) is 6.42 Å². The third-order valence-corrected chi connectivity index (χ3v) is 2.02. The fourth-order valence-corrected chi connectivity index (χ4v) is 1.32. The highest BCUT2D eigenvalue weighted by Gasteiger charge is 2.42. The van der Waals surface area contributed by atoms with Gasteiger partial charge in [-0.25, -0.2) is 0 Å². The van der Waals surface area contributed by atoms with E-state index in [1.165, 1.54) is 0 Å². The Labute approximate surface area is 74.4 Å². The van der Waals surface area contributed by atoms with Gasteiger partial charge in [0.25, 0.3) is 0 Å². The fourth-order valence-electron chi connectivity index (χ4n) is 1.32. The lowest BCUT2D eigenvalue weighted by molar-refractivity contribution is -0.141. The van der Waals surface area contributed by atoms with Gasteiger partial charge in [-0.1, -0.05) is 0 Å². The standard InChI is InChI=1S/C7H12O6/c8-2-4-7(12)6(11)3(13-4)1-5(9)10/h3-4,6-8,11-12H,1-2H2,(H,9,10). The van der Waals surface area contributed by atoms with Gasteiger partial charge in [0.05, 0.1) is 19.1 Å². The summed E-state index contributed by atoms with van der Waals surface area (Å²) in [5, 5.41) is 35.5. The largest absolute Gasteiger partial charge is 0.481 e. The minimum Gasteiger partial charge on any atom is -0.481 e. The van der Waals surface area contributed by atoms with E-state index in [1.54, 1.807) is 0 Å². The molecule has 1 heterocycles. The molecule has 1 saturated heterocycles. The SMILES string of the molecule is O=C(O)CC1OC(CO)C(O)C1O. The van der Waals surface area contributed by atoms with E-state index >= 15 is 0 Å². The van der Waals surface area contributed by atoms with Crippen molar-refractivity contribution >= 4 is 5.97 Å². The zero-order chi connectivity index (χ0) is 10.0. The number of aliphatic hydroxyl groups is 3. The number of carboxylic acid groups (broad SMARTS) is 1. The molecular weight excluding hydrogens is 180 g/mol. The molecule has 1 fully saturated rings. The molecule has 0 amide bonds. The first-order chi connectivity index (χ1) is 6.06. The van der Waals surface area contributed by atoms with Crippen molar-refractivity contribution in [3.8, 4) is 0 Å². The molecule has 0 aromatic heterocycles. The predicted molar refractivity (Wildman–Crippen MR) is 40.0 cm³/mol. The number of carboxylic acids is 1. The average Bonchev–Trinajstić information content (AvgIpc) is 2.32. The Balaban J connectivity index is 2.55. The lowest BCUT2D eigenvalue weighted by Gasteiger charge is -2.11. The van der Waals surface area contributed by atoms with E-state index in [4.69, 9.17) is 14.9 Å². The molecule has 1 rings (SSSR count). The molecule has 0 aromatic rings. The molecule has 0 saturated carbocycles. The van der Waals surface area contributed by atoms with Crippen LogP contribution < -0.4 is 0 Å². The second-order valence-corrected chi connectivity index (χ2v) is 2.97. The smallest absolute Gasteiger partial charge is 0.306 e. The molecule has 0 radical (unpaired) electrons. The maximum atomic E-state index is 10.3. The summed E-state index contributed by atoms with van der Waals surface area (Å²) < 4.78 is 4.92. The van der Waals surface area contributed by atoms with Gasteiger partial charge in [0.1, 0.15) is 18.3 Å². The summed E-state index contributed by atoms with van der Waals surface area (Å²) in [6.45, 7) is -0.436. The lowest BCUT2D eigenvalue weighted by atomic mass is 10.1. The molecule has 1 aliphatic rings. The highest BCUT2D eigenvalue weighted by Crippen LogP contribution is 2.23. The third kappa shape index (κ3) is 2.16. The normalized spacial score (nSPS) is 39.3. The monoisotopic (exact) mass is 192 g/mol. The molecule has 6 nitrogen and oxygen atoms in total. The molecule has 0 spiro atoms. The Morgan fingerprint density at radius 1 is 1.23 bits per heavy atom. The van der Waals surface area contributed by atoms with Crippen LogP contribution in [-0.4, -0.2) is 57.4 Å². The number of hydrogen-bond donors (Lipinski definition) is 4. The summed E-state index contributed by atoms with van der Waals surface area (Å²) in [5.74, 6) is -1.12. The Morgan fingerprint density at radius 2 is 1.77 bits per heavy atom. The summed E-state index contributed by atoms with van der Waals surface area (Å²) in [5.41, 5.74) is 0. The van der Waals surface area contributed by atoms with E-state index in [2.05, 4.69) is 0 Å². The van der Waals surface area contributed by atoms with Crippen LogP contribution >= 0.6 is 0 Å². The molecule has 0 aliphatic carbocycles. The minimum atomic E-state index is -1.24. The number of carbonyl (C=O) groups is 1. The second-order valence-electron chi connectivity index (χ2n) is 2.97. The molecular formula is C7H12O6. The van der Waals surface area contributed by atoms with Gasteiger partial charge in [0.15, 0.2) is 0 Å². The Hall–Kier alpha value is -0.690. The minimum absolute atomic E-state index is 0.380. The quantitative estimate of drug-likeness (QED) is 0.409. The van der Waals surface area contributed by atoms with Crippen molar-refractivity contribution in [3.05, 3.63) is 0 Å². The van der Waals surface area contributed by atoms with Crippen molar-refractivity contribution in [2.75, 3.05) is 6.61 Å². The highest BCUT2D eigenvalue weighted by molar-refractivity contribution is 5.67. The molecule has 0 bridgehead atoms. The van der Waals surface area contributed by atoms with Crippen LogP contribution in [0.25, 0.3) is 0 Å². The van der Waals surface area contributed by atoms with Crippen molar-refractivity contribution in [2.45, 2.75) is 30.8 Å². The maximum Gasteiger partial charge on any atom is 0.306 e. The first kappa shape index (κ1) is 10.4. The van der Waals surface area contributed by atoms with Crippen LogP contribution in [0.5, 0.6) is 0 Å². The van der Waals surface area contributed by atoms with E-state index in [1.807, 2.05) is 0 Å². The van der Waals surface area contributed by atoms with Gasteiger partial charge in [0, 0.05) is 0 Å². The van der Waals surface area contributed by atoms with Crippen molar-refractivity contribution in [1.82, 2.24) is 0 Å². The molecule has 4 unspecified atom stereocenters. The van der Waals surface area contributed by atoms with Crippen LogP contribution in [0.2, 0.25) is 0 Å².